The lowest BCUT2D eigenvalue weighted by molar-refractivity contribution is -0.120. The van der Waals surface area contributed by atoms with Crippen molar-refractivity contribution in [2.75, 3.05) is 0 Å². The fraction of sp³-hybridized carbons (Fsp3) is 0.417. The van der Waals surface area contributed by atoms with Crippen LogP contribution in [0.5, 0.6) is 0 Å². The summed E-state index contributed by atoms with van der Waals surface area (Å²) < 4.78 is 0. The average molecular weight is 205 g/mol. The number of amides is 1. The number of aliphatic hydroxyl groups is 1. The van der Waals surface area contributed by atoms with Gasteiger partial charge in [0.2, 0.25) is 5.91 Å². The largest absolute Gasteiger partial charge is 0.386 e. The minimum atomic E-state index is -0.566. The van der Waals surface area contributed by atoms with Gasteiger partial charge in [-0.05, 0) is 30.0 Å². The van der Waals surface area contributed by atoms with Crippen molar-refractivity contribution in [1.82, 2.24) is 5.32 Å². The van der Waals surface area contributed by atoms with Gasteiger partial charge in [-0.15, -0.1) is 0 Å². The molecule has 80 valence electrons. The smallest absolute Gasteiger partial charge is 0.217 e. The molecule has 0 unspecified atom stereocenters. The Kier molecular flexibility index (Phi) is 2.49. The molecular formula is C12H15NO2. The molecule has 0 aliphatic heterocycles. The van der Waals surface area contributed by atoms with Crippen LogP contribution < -0.4 is 5.32 Å². The normalized spacial score (nSPS) is 23.7. The predicted molar refractivity (Wildman–Crippen MR) is 57.4 cm³/mol. The van der Waals surface area contributed by atoms with E-state index in [0.29, 0.717) is 0 Å². The Morgan fingerprint density at radius 1 is 1.53 bits per heavy atom. The van der Waals surface area contributed by atoms with Gasteiger partial charge in [0.15, 0.2) is 0 Å². The third kappa shape index (κ3) is 1.75. The summed E-state index contributed by atoms with van der Waals surface area (Å²) in [6.07, 6.45) is 0.159. The van der Waals surface area contributed by atoms with Crippen molar-refractivity contribution in [3.63, 3.8) is 0 Å². The lowest BCUT2D eigenvalue weighted by Gasteiger charge is -2.15. The first-order chi connectivity index (χ1) is 7.09. The maximum Gasteiger partial charge on any atom is 0.217 e. The number of hydrogen-bond acceptors (Lipinski definition) is 2. The molecular weight excluding hydrogens is 190 g/mol. The molecule has 2 rings (SSSR count). The van der Waals surface area contributed by atoms with Crippen molar-refractivity contribution in [2.45, 2.75) is 32.4 Å². The second-order valence-corrected chi connectivity index (χ2v) is 4.10. The summed E-state index contributed by atoms with van der Waals surface area (Å²) in [5.74, 6) is -0.0930. The third-order valence-electron chi connectivity index (χ3n) is 2.96. The van der Waals surface area contributed by atoms with Crippen molar-refractivity contribution >= 4 is 5.91 Å². The summed E-state index contributed by atoms with van der Waals surface area (Å²) in [6, 6.07) is 5.72. The first-order valence-corrected chi connectivity index (χ1v) is 5.13. The van der Waals surface area contributed by atoms with Gasteiger partial charge in [0.05, 0.1) is 12.1 Å². The van der Waals surface area contributed by atoms with Crippen molar-refractivity contribution in [3.05, 3.63) is 34.9 Å². The van der Waals surface area contributed by atoms with Crippen LogP contribution in [0.4, 0.5) is 0 Å². The molecule has 0 radical (unpaired) electrons. The van der Waals surface area contributed by atoms with E-state index < -0.39 is 6.10 Å². The van der Waals surface area contributed by atoms with E-state index in [0.717, 1.165) is 12.0 Å². The van der Waals surface area contributed by atoms with Crippen LogP contribution in [0, 0.1) is 6.92 Å². The van der Waals surface area contributed by atoms with Crippen LogP contribution in [0.2, 0.25) is 0 Å². The molecule has 0 bridgehead atoms. The minimum absolute atomic E-state index is 0.0930. The Balaban J connectivity index is 2.29. The van der Waals surface area contributed by atoms with Crippen LogP contribution in [0.1, 0.15) is 29.7 Å². The van der Waals surface area contributed by atoms with Crippen molar-refractivity contribution < 1.29 is 9.90 Å². The highest BCUT2D eigenvalue weighted by Crippen LogP contribution is 2.33. The van der Waals surface area contributed by atoms with E-state index in [2.05, 4.69) is 5.32 Å². The van der Waals surface area contributed by atoms with Crippen molar-refractivity contribution in [1.29, 1.82) is 0 Å². The molecule has 0 saturated carbocycles. The van der Waals surface area contributed by atoms with Gasteiger partial charge in [-0.2, -0.15) is 0 Å². The Labute approximate surface area is 89.1 Å². The fourth-order valence-corrected chi connectivity index (χ4v) is 2.22. The highest BCUT2D eigenvalue weighted by molar-refractivity contribution is 5.73. The average Bonchev–Trinajstić information content (AvgIpc) is 2.46. The third-order valence-corrected chi connectivity index (χ3v) is 2.96. The van der Waals surface area contributed by atoms with Crippen molar-refractivity contribution in [3.8, 4) is 0 Å². The number of hydrogen-bond donors (Lipinski definition) is 2. The number of carbonyl (C=O) groups is 1. The minimum Gasteiger partial charge on any atom is -0.386 e. The van der Waals surface area contributed by atoms with Crippen molar-refractivity contribution in [2.24, 2.45) is 0 Å². The summed E-state index contributed by atoms with van der Waals surface area (Å²) in [7, 11) is 0. The molecule has 1 aliphatic rings. The Morgan fingerprint density at radius 3 is 2.87 bits per heavy atom. The summed E-state index contributed by atoms with van der Waals surface area (Å²) >= 11 is 0. The van der Waals surface area contributed by atoms with Gasteiger partial charge in [-0.3, -0.25) is 4.79 Å². The first-order valence-electron chi connectivity index (χ1n) is 5.13. The second kappa shape index (κ2) is 3.66. The molecule has 2 atom stereocenters. The van der Waals surface area contributed by atoms with Crippen LogP contribution in [-0.2, 0) is 11.2 Å². The van der Waals surface area contributed by atoms with Gasteiger partial charge < -0.3 is 10.4 Å². The van der Waals surface area contributed by atoms with Crippen LogP contribution in [0.25, 0.3) is 0 Å². The molecule has 15 heavy (non-hydrogen) atoms. The summed E-state index contributed by atoms with van der Waals surface area (Å²) in [4.78, 5) is 11.0. The number of benzene rings is 1. The molecule has 1 amide bonds. The molecule has 3 heteroatoms. The van der Waals surface area contributed by atoms with E-state index in [1.54, 1.807) is 0 Å². The maximum atomic E-state index is 11.0. The van der Waals surface area contributed by atoms with E-state index >= 15 is 0 Å². The molecule has 1 aromatic rings. The predicted octanol–water partition coefficient (Wildman–Crippen LogP) is 1.09. The zero-order valence-corrected chi connectivity index (χ0v) is 8.95. The molecule has 0 aromatic heterocycles. The van der Waals surface area contributed by atoms with Gasteiger partial charge in [-0.1, -0.05) is 18.2 Å². The zero-order valence-electron chi connectivity index (χ0n) is 8.95. The summed E-state index contributed by atoms with van der Waals surface area (Å²) in [5.41, 5.74) is 3.30. The van der Waals surface area contributed by atoms with Gasteiger partial charge in [-0.25, -0.2) is 0 Å². The zero-order chi connectivity index (χ0) is 11.0. The molecule has 0 fully saturated rings. The van der Waals surface area contributed by atoms with Crippen LogP contribution in [-0.4, -0.2) is 17.1 Å². The quantitative estimate of drug-likeness (QED) is 0.721. The van der Waals surface area contributed by atoms with Crippen LogP contribution in [0.3, 0.4) is 0 Å². The molecule has 0 heterocycles. The summed E-state index contributed by atoms with van der Waals surface area (Å²) in [6.45, 7) is 3.50. The van der Waals surface area contributed by atoms with E-state index in [4.69, 9.17) is 0 Å². The Bertz CT molecular complexity index is 401. The maximum absolute atomic E-state index is 11.0. The number of rotatable bonds is 1. The van der Waals surface area contributed by atoms with Gasteiger partial charge >= 0.3 is 0 Å². The van der Waals surface area contributed by atoms with Gasteiger partial charge in [0.1, 0.15) is 0 Å². The summed E-state index contributed by atoms with van der Waals surface area (Å²) in [5, 5.41) is 12.8. The molecule has 0 saturated heterocycles. The van der Waals surface area contributed by atoms with E-state index in [1.165, 1.54) is 18.1 Å². The lowest BCUT2D eigenvalue weighted by Crippen LogP contribution is -2.36. The van der Waals surface area contributed by atoms with E-state index in [1.807, 2.05) is 25.1 Å². The Morgan fingerprint density at radius 2 is 2.27 bits per heavy atom. The number of aliphatic hydroxyl groups excluding tert-OH is 1. The van der Waals surface area contributed by atoms with Crippen LogP contribution in [0.15, 0.2) is 18.2 Å². The standard InChI is InChI=1S/C12H15NO2/c1-7-4-3-5-9-10(7)6-11(12(9)15)13-8(2)14/h3-5,11-12,15H,6H2,1-2H3,(H,13,14)/t11-,12-/m0/s1. The van der Waals surface area contributed by atoms with Gasteiger partial charge in [0.25, 0.3) is 0 Å². The molecule has 2 N–H and O–H groups in total. The molecule has 1 aromatic carbocycles. The number of carbonyl (C=O) groups excluding carboxylic acids is 1. The number of aryl methyl sites for hydroxylation is 1. The number of fused-ring (bicyclic) bond motifs is 1. The van der Waals surface area contributed by atoms with E-state index in [-0.39, 0.29) is 11.9 Å². The number of nitrogens with one attached hydrogen (secondary N) is 1. The fourth-order valence-electron chi connectivity index (χ4n) is 2.22. The highest BCUT2D eigenvalue weighted by atomic mass is 16.3. The topological polar surface area (TPSA) is 49.3 Å². The molecule has 1 aliphatic carbocycles. The second-order valence-electron chi connectivity index (χ2n) is 4.10. The van der Waals surface area contributed by atoms with E-state index in [9.17, 15) is 9.90 Å². The monoisotopic (exact) mass is 205 g/mol. The molecule has 3 nitrogen and oxygen atoms in total. The SMILES string of the molecule is CC(=O)N[C@H]1Cc2c(C)cccc2[C@@H]1O. The van der Waals surface area contributed by atoms with Gasteiger partial charge in [0, 0.05) is 6.92 Å². The highest BCUT2D eigenvalue weighted by Gasteiger charge is 2.31. The first kappa shape index (κ1) is 10.2. The lowest BCUT2D eigenvalue weighted by atomic mass is 10.0. The molecule has 0 spiro atoms. The Hall–Kier alpha value is -1.35. The van der Waals surface area contributed by atoms with Crippen LogP contribution >= 0.6 is 0 Å².